The van der Waals surface area contributed by atoms with Crippen LogP contribution in [0.15, 0.2) is 24.3 Å². The molecule has 0 fully saturated rings. The van der Waals surface area contributed by atoms with Crippen LogP contribution in [0.1, 0.15) is 12.5 Å². The zero-order valence-corrected chi connectivity index (χ0v) is 9.10. The van der Waals surface area contributed by atoms with E-state index in [0.717, 1.165) is 11.3 Å². The van der Waals surface area contributed by atoms with Crippen molar-refractivity contribution in [3.63, 3.8) is 0 Å². The second-order valence-electron chi connectivity index (χ2n) is 3.69. The maximum Gasteiger partial charge on any atom is 0.234 e. The quantitative estimate of drug-likeness (QED) is 0.709. The van der Waals surface area contributed by atoms with Crippen LogP contribution in [0.3, 0.4) is 0 Å². The van der Waals surface area contributed by atoms with Gasteiger partial charge >= 0.3 is 0 Å². The molecule has 0 spiro atoms. The summed E-state index contributed by atoms with van der Waals surface area (Å²) in [5, 5.41) is 0. The summed E-state index contributed by atoms with van der Waals surface area (Å²) in [5.41, 5.74) is 12.8. The molecule has 1 aromatic rings. The summed E-state index contributed by atoms with van der Waals surface area (Å²) in [4.78, 5) is 12.8. The monoisotopic (exact) mass is 207 g/mol. The fourth-order valence-electron chi connectivity index (χ4n) is 1.30. The average Bonchev–Trinajstić information content (AvgIpc) is 2.20. The van der Waals surface area contributed by atoms with Gasteiger partial charge in [0.05, 0.1) is 6.04 Å². The first-order valence-electron chi connectivity index (χ1n) is 4.85. The lowest BCUT2D eigenvalue weighted by molar-refractivity contribution is -0.122. The Labute approximate surface area is 89.9 Å². The number of anilines is 1. The molecule has 1 unspecified atom stereocenters. The van der Waals surface area contributed by atoms with Gasteiger partial charge in [-0.05, 0) is 25.6 Å². The minimum atomic E-state index is -0.327. The van der Waals surface area contributed by atoms with Gasteiger partial charge in [-0.15, -0.1) is 0 Å². The Morgan fingerprint density at radius 1 is 1.47 bits per heavy atom. The second kappa shape index (κ2) is 4.79. The summed E-state index contributed by atoms with van der Waals surface area (Å²) < 4.78 is 0. The van der Waals surface area contributed by atoms with Crippen molar-refractivity contribution in [3.8, 4) is 0 Å². The van der Waals surface area contributed by atoms with Gasteiger partial charge in [0.25, 0.3) is 0 Å². The predicted octanol–water partition coefficient (Wildman–Crippen LogP) is 0.574. The topological polar surface area (TPSA) is 72.4 Å². The number of para-hydroxylation sites is 1. The molecular weight excluding hydrogens is 190 g/mol. The first-order valence-corrected chi connectivity index (χ1v) is 4.85. The summed E-state index contributed by atoms with van der Waals surface area (Å²) in [6, 6.07) is 7.31. The van der Waals surface area contributed by atoms with Crippen molar-refractivity contribution in [2.45, 2.75) is 19.5 Å². The molecule has 0 aliphatic rings. The number of rotatable bonds is 4. The first-order chi connectivity index (χ1) is 7.02. The van der Waals surface area contributed by atoms with Gasteiger partial charge in [0.2, 0.25) is 5.91 Å². The molecule has 0 aliphatic heterocycles. The van der Waals surface area contributed by atoms with Gasteiger partial charge in [0.1, 0.15) is 0 Å². The van der Waals surface area contributed by atoms with Crippen LogP contribution >= 0.6 is 0 Å². The van der Waals surface area contributed by atoms with E-state index in [9.17, 15) is 4.79 Å². The van der Waals surface area contributed by atoms with Gasteiger partial charge < -0.3 is 11.5 Å². The SMILES string of the molecule is CC(C(N)=O)N(C)Cc1ccccc1N. The number of nitrogens with two attached hydrogens (primary N) is 2. The lowest BCUT2D eigenvalue weighted by Crippen LogP contribution is -2.39. The minimum absolute atomic E-state index is 0.287. The van der Waals surface area contributed by atoms with Crippen molar-refractivity contribution in [1.29, 1.82) is 0 Å². The summed E-state index contributed by atoms with van der Waals surface area (Å²) in [5.74, 6) is -0.327. The number of nitrogens with zero attached hydrogens (tertiary/aromatic N) is 1. The van der Waals surface area contributed by atoms with Gasteiger partial charge in [-0.25, -0.2) is 0 Å². The van der Waals surface area contributed by atoms with Crippen LogP contribution in [0.25, 0.3) is 0 Å². The van der Waals surface area contributed by atoms with E-state index in [-0.39, 0.29) is 11.9 Å². The lowest BCUT2D eigenvalue weighted by atomic mass is 10.1. The molecule has 15 heavy (non-hydrogen) atoms. The molecular formula is C11H17N3O. The van der Waals surface area contributed by atoms with Crippen LogP contribution < -0.4 is 11.5 Å². The van der Waals surface area contributed by atoms with Crippen molar-refractivity contribution < 1.29 is 4.79 Å². The number of hydrogen-bond acceptors (Lipinski definition) is 3. The number of amides is 1. The van der Waals surface area contributed by atoms with Gasteiger partial charge in [-0.2, -0.15) is 0 Å². The molecule has 0 saturated heterocycles. The Hall–Kier alpha value is -1.55. The largest absolute Gasteiger partial charge is 0.398 e. The molecule has 0 saturated carbocycles. The summed E-state index contributed by atoms with van der Waals surface area (Å²) >= 11 is 0. The van der Waals surface area contributed by atoms with E-state index < -0.39 is 0 Å². The van der Waals surface area contributed by atoms with E-state index in [4.69, 9.17) is 11.5 Å². The van der Waals surface area contributed by atoms with E-state index in [1.807, 2.05) is 36.2 Å². The molecule has 0 heterocycles. The zero-order valence-electron chi connectivity index (χ0n) is 9.10. The summed E-state index contributed by atoms with van der Waals surface area (Å²) in [7, 11) is 1.85. The van der Waals surface area contributed by atoms with Crippen LogP contribution in [0.5, 0.6) is 0 Å². The molecule has 82 valence electrons. The first kappa shape index (κ1) is 11.5. The molecule has 4 nitrogen and oxygen atoms in total. The number of benzene rings is 1. The van der Waals surface area contributed by atoms with Gasteiger partial charge in [-0.1, -0.05) is 18.2 Å². The maximum absolute atomic E-state index is 11.0. The standard InChI is InChI=1S/C11H17N3O/c1-8(11(13)15)14(2)7-9-5-3-4-6-10(9)12/h3-6,8H,7,12H2,1-2H3,(H2,13,15). The molecule has 0 bridgehead atoms. The van der Waals surface area contributed by atoms with E-state index in [0.29, 0.717) is 6.54 Å². The maximum atomic E-state index is 11.0. The van der Waals surface area contributed by atoms with Crippen molar-refractivity contribution >= 4 is 11.6 Å². The highest BCUT2D eigenvalue weighted by Crippen LogP contribution is 2.13. The van der Waals surface area contributed by atoms with E-state index in [2.05, 4.69) is 0 Å². The van der Waals surface area contributed by atoms with Crippen LogP contribution in [0.4, 0.5) is 5.69 Å². The molecule has 1 amide bonds. The van der Waals surface area contributed by atoms with Gasteiger partial charge in [0, 0.05) is 12.2 Å². The Bertz CT molecular complexity index is 351. The smallest absolute Gasteiger partial charge is 0.234 e. The Morgan fingerprint density at radius 2 is 2.07 bits per heavy atom. The van der Waals surface area contributed by atoms with Crippen LogP contribution in [-0.2, 0) is 11.3 Å². The molecule has 1 aromatic carbocycles. The van der Waals surface area contributed by atoms with Crippen LogP contribution in [0, 0.1) is 0 Å². The normalized spacial score (nSPS) is 12.7. The highest BCUT2D eigenvalue weighted by molar-refractivity contribution is 5.79. The van der Waals surface area contributed by atoms with Gasteiger partial charge in [0.15, 0.2) is 0 Å². The third kappa shape index (κ3) is 2.95. The van der Waals surface area contributed by atoms with Crippen molar-refractivity contribution in [3.05, 3.63) is 29.8 Å². The molecule has 0 radical (unpaired) electrons. The molecule has 0 aliphatic carbocycles. The fourth-order valence-corrected chi connectivity index (χ4v) is 1.30. The van der Waals surface area contributed by atoms with E-state index >= 15 is 0 Å². The zero-order chi connectivity index (χ0) is 11.4. The molecule has 1 atom stereocenters. The lowest BCUT2D eigenvalue weighted by Gasteiger charge is -2.22. The number of primary amides is 1. The van der Waals surface area contributed by atoms with Gasteiger partial charge in [-0.3, -0.25) is 9.69 Å². The number of likely N-dealkylation sites (N-methyl/N-ethyl adjacent to an activating group) is 1. The second-order valence-corrected chi connectivity index (χ2v) is 3.69. The van der Waals surface area contributed by atoms with E-state index in [1.54, 1.807) is 6.92 Å². The molecule has 4 heteroatoms. The number of carbonyl (C=O) groups excluding carboxylic acids is 1. The minimum Gasteiger partial charge on any atom is -0.398 e. The average molecular weight is 207 g/mol. The third-order valence-corrected chi connectivity index (χ3v) is 2.55. The highest BCUT2D eigenvalue weighted by atomic mass is 16.1. The fraction of sp³-hybridized carbons (Fsp3) is 0.364. The summed E-state index contributed by atoms with van der Waals surface area (Å²) in [6.45, 7) is 2.40. The number of nitrogen functional groups attached to an aromatic ring is 1. The van der Waals surface area contributed by atoms with Crippen LogP contribution in [0.2, 0.25) is 0 Å². The number of carbonyl (C=O) groups is 1. The predicted molar refractivity (Wildman–Crippen MR) is 61.0 cm³/mol. The van der Waals surface area contributed by atoms with Crippen LogP contribution in [-0.4, -0.2) is 23.9 Å². The van der Waals surface area contributed by atoms with Crippen molar-refractivity contribution in [1.82, 2.24) is 4.90 Å². The number of hydrogen-bond donors (Lipinski definition) is 2. The van der Waals surface area contributed by atoms with Crippen molar-refractivity contribution in [2.24, 2.45) is 5.73 Å². The molecule has 1 rings (SSSR count). The van der Waals surface area contributed by atoms with Crippen molar-refractivity contribution in [2.75, 3.05) is 12.8 Å². The van der Waals surface area contributed by atoms with E-state index in [1.165, 1.54) is 0 Å². The Morgan fingerprint density at radius 3 is 2.60 bits per heavy atom. The molecule has 0 aromatic heterocycles. The third-order valence-electron chi connectivity index (χ3n) is 2.55. The Kier molecular flexibility index (Phi) is 3.68. The summed E-state index contributed by atoms with van der Waals surface area (Å²) in [6.07, 6.45) is 0. The molecule has 4 N–H and O–H groups in total. The Balaban J connectivity index is 2.70. The highest BCUT2D eigenvalue weighted by Gasteiger charge is 2.15.